The van der Waals surface area contributed by atoms with Crippen LogP contribution in [0.15, 0.2) is 71.8 Å². The number of halogens is 2. The van der Waals surface area contributed by atoms with E-state index in [1.807, 2.05) is 54.2 Å². The summed E-state index contributed by atoms with van der Waals surface area (Å²) < 4.78 is 2.02. The molecule has 4 aromatic rings. The third kappa shape index (κ3) is 5.53. The lowest BCUT2D eigenvalue weighted by atomic mass is 9.78. The van der Waals surface area contributed by atoms with Crippen molar-refractivity contribution in [3.05, 3.63) is 87.9 Å². The number of nitrogens with zero attached hydrogens (tertiary/aromatic N) is 7. The van der Waals surface area contributed by atoms with Gasteiger partial charge in [-0.15, -0.1) is 0 Å². The van der Waals surface area contributed by atoms with E-state index in [-0.39, 0.29) is 28.8 Å². The van der Waals surface area contributed by atoms with Crippen LogP contribution in [0.2, 0.25) is 10.0 Å². The van der Waals surface area contributed by atoms with Gasteiger partial charge >= 0.3 is 0 Å². The zero-order chi connectivity index (χ0) is 36.9. The molecule has 276 valence electrons. The van der Waals surface area contributed by atoms with Crippen molar-refractivity contribution >= 4 is 57.6 Å². The summed E-state index contributed by atoms with van der Waals surface area (Å²) in [6, 6.07) is 11.9. The van der Waals surface area contributed by atoms with Gasteiger partial charge < -0.3 is 25.4 Å². The summed E-state index contributed by atoms with van der Waals surface area (Å²) in [7, 11) is 4.05. The third-order valence-electron chi connectivity index (χ3n) is 12.0. The van der Waals surface area contributed by atoms with E-state index in [1.54, 1.807) is 6.20 Å². The molecule has 0 saturated carbocycles. The highest BCUT2D eigenvalue weighted by Crippen LogP contribution is 2.43. The Morgan fingerprint density at radius 2 is 1.44 bits per heavy atom. The molecule has 3 N–H and O–H groups in total. The van der Waals surface area contributed by atoms with Crippen LogP contribution in [0.5, 0.6) is 0 Å². The van der Waals surface area contributed by atoms with Gasteiger partial charge in [-0.25, -0.2) is 4.98 Å². The van der Waals surface area contributed by atoms with E-state index in [0.717, 1.165) is 103 Å². The first-order valence-corrected chi connectivity index (χ1v) is 19.2. The number of amides is 2. The molecule has 2 aromatic carbocycles. The maximum absolute atomic E-state index is 11.8. The Hall–Kier alpha value is -4.75. The van der Waals surface area contributed by atoms with E-state index in [0.29, 0.717) is 28.6 Å². The molecule has 54 heavy (non-hydrogen) atoms. The summed E-state index contributed by atoms with van der Waals surface area (Å²) in [5.74, 6) is 0.316. The van der Waals surface area contributed by atoms with Crippen molar-refractivity contribution in [1.82, 2.24) is 45.2 Å². The normalized spacial score (nSPS) is 22.8. The fraction of sp³-hybridized carbons (Fsp3) is 0.375. The lowest BCUT2D eigenvalue weighted by molar-refractivity contribution is -0.121. The first-order valence-electron chi connectivity index (χ1n) is 18.4. The second-order valence-electron chi connectivity index (χ2n) is 16.1. The van der Waals surface area contributed by atoms with E-state index in [1.165, 1.54) is 5.57 Å². The van der Waals surface area contributed by atoms with Crippen molar-refractivity contribution < 1.29 is 9.59 Å². The molecule has 12 nitrogen and oxygen atoms in total. The van der Waals surface area contributed by atoms with Gasteiger partial charge in [0.25, 0.3) is 0 Å². The first-order chi connectivity index (χ1) is 26.1. The number of rotatable bonds is 7. The lowest BCUT2D eigenvalue weighted by Gasteiger charge is -2.47. The summed E-state index contributed by atoms with van der Waals surface area (Å²) in [6.45, 7) is 6.75. The number of hydrogen-bond donors (Lipinski definition) is 3. The topological polar surface area (TPSA) is 123 Å². The van der Waals surface area contributed by atoms with Crippen LogP contribution < -0.4 is 16.0 Å². The van der Waals surface area contributed by atoms with Gasteiger partial charge in [0.15, 0.2) is 5.65 Å². The molecule has 0 radical (unpaired) electrons. The Morgan fingerprint density at radius 3 is 2.09 bits per heavy atom. The predicted molar refractivity (Wildman–Crippen MR) is 209 cm³/mol. The van der Waals surface area contributed by atoms with Crippen LogP contribution in [0.4, 0.5) is 0 Å². The molecular weight excluding hydrogens is 723 g/mol. The Morgan fingerprint density at radius 1 is 0.833 bits per heavy atom. The number of benzene rings is 2. The Bertz CT molecular complexity index is 2370. The molecule has 4 saturated heterocycles. The van der Waals surface area contributed by atoms with Gasteiger partial charge in [-0.1, -0.05) is 59.6 Å². The lowest BCUT2D eigenvalue weighted by Crippen LogP contribution is -2.58. The van der Waals surface area contributed by atoms with Crippen molar-refractivity contribution in [3.8, 4) is 22.4 Å². The van der Waals surface area contributed by atoms with Gasteiger partial charge in [0.05, 0.1) is 39.5 Å². The molecule has 1 atom stereocenters. The fourth-order valence-corrected chi connectivity index (χ4v) is 10.1. The minimum Gasteiger partial charge on any atom is -0.358 e. The van der Waals surface area contributed by atoms with Crippen LogP contribution in [0.25, 0.3) is 39.2 Å². The number of aromatic nitrogens is 3. The average Bonchev–Trinajstić information content (AvgIpc) is 3.88. The van der Waals surface area contributed by atoms with Gasteiger partial charge in [0.2, 0.25) is 11.8 Å². The first kappa shape index (κ1) is 33.8. The number of nitrogens with one attached hydrogen (secondary N) is 3. The molecule has 2 spiro atoms. The molecule has 0 bridgehead atoms. The maximum atomic E-state index is 11.8. The van der Waals surface area contributed by atoms with Crippen LogP contribution in [0, 0.1) is 10.8 Å². The van der Waals surface area contributed by atoms with Crippen molar-refractivity contribution in [2.75, 3.05) is 52.9 Å². The smallest absolute Gasteiger partial charge is 0.220 e. The Balaban J connectivity index is 0.881. The summed E-state index contributed by atoms with van der Waals surface area (Å²) >= 11 is 14.4. The number of aliphatic imine (C=N–C) groups is 1. The molecule has 1 unspecified atom stereocenters. The third-order valence-corrected chi connectivity index (χ3v) is 12.8. The maximum Gasteiger partial charge on any atom is 0.220 e. The SMILES string of the molecule is CN1C=C(CN2CC3(CNC(=O)C3)C2)C2=NC=C(c3cccc(-c4cccc(-c5cnc6c(CN7CC8(CNC(=O)C8)C7)cn(C)c6n5)c4Cl)c3Cl)NC21. The van der Waals surface area contributed by atoms with Crippen LogP contribution in [-0.4, -0.2) is 106 Å². The summed E-state index contributed by atoms with van der Waals surface area (Å²) in [5.41, 5.74) is 9.87. The molecule has 0 aliphatic carbocycles. The van der Waals surface area contributed by atoms with E-state index < -0.39 is 0 Å². The number of carbonyl (C=O) groups excluding carboxylic acids is 2. The van der Waals surface area contributed by atoms with E-state index in [4.69, 9.17) is 38.2 Å². The van der Waals surface area contributed by atoms with Crippen LogP contribution in [0.1, 0.15) is 24.0 Å². The Kier molecular flexibility index (Phi) is 7.75. The molecule has 6 aliphatic heterocycles. The monoisotopic (exact) mass is 762 g/mol. The van der Waals surface area contributed by atoms with Gasteiger partial charge in [0, 0.05) is 136 Å². The number of carbonyl (C=O) groups is 2. The van der Waals surface area contributed by atoms with Gasteiger partial charge in [-0.3, -0.25) is 29.4 Å². The van der Waals surface area contributed by atoms with Crippen LogP contribution >= 0.6 is 23.2 Å². The largest absolute Gasteiger partial charge is 0.358 e. The van der Waals surface area contributed by atoms with E-state index in [2.05, 4.69) is 50.1 Å². The number of hydrogen-bond acceptors (Lipinski definition) is 9. The van der Waals surface area contributed by atoms with Crippen molar-refractivity contribution in [3.63, 3.8) is 0 Å². The summed E-state index contributed by atoms with van der Waals surface area (Å²) in [6.07, 6.45) is 9.05. The summed E-state index contributed by atoms with van der Waals surface area (Å²) in [4.78, 5) is 45.4. The average molecular weight is 764 g/mol. The Labute approximate surface area is 322 Å². The number of likely N-dealkylation sites (tertiary alicyclic amines) is 2. The molecule has 2 aromatic heterocycles. The number of aryl methyl sites for hydroxylation is 1. The minimum absolute atomic E-state index is 0.0800. The molecule has 4 fully saturated rings. The predicted octanol–water partition coefficient (Wildman–Crippen LogP) is 4.25. The molecule has 2 amide bonds. The molecular formula is C40H40Cl2N10O2. The zero-order valence-electron chi connectivity index (χ0n) is 30.1. The van der Waals surface area contributed by atoms with Crippen molar-refractivity contribution in [2.24, 2.45) is 22.9 Å². The standard InChI is InChI=1S/C40H40Cl2N10O2/c1-49-13-23(15-51-19-39(20-51)9-31(53)45-17-39)35-37(49)47-29(11-43-35)27-7-3-5-25(33(27)41)26-6-4-8-28(34(26)42)30-12-44-36-24(14-50(2)38(36)48-30)16-52-21-40(22-52)10-32(54)46-18-40/h3-8,11-14,37,47H,9-10,15-22H2,1-2H3,(H,45,53)(H,46,54). The van der Waals surface area contributed by atoms with Crippen LogP contribution in [0.3, 0.4) is 0 Å². The second kappa shape index (κ2) is 12.4. The minimum atomic E-state index is -0.110. The van der Waals surface area contributed by atoms with E-state index >= 15 is 0 Å². The molecule has 14 heteroatoms. The highest BCUT2D eigenvalue weighted by molar-refractivity contribution is 6.39. The summed E-state index contributed by atoms with van der Waals surface area (Å²) in [5, 5.41) is 10.8. The van der Waals surface area contributed by atoms with Crippen molar-refractivity contribution in [1.29, 1.82) is 0 Å². The second-order valence-corrected chi connectivity index (χ2v) is 16.9. The molecule has 10 rings (SSSR count). The van der Waals surface area contributed by atoms with Gasteiger partial charge in [-0.05, 0) is 0 Å². The molecule has 6 aliphatic rings. The highest BCUT2D eigenvalue weighted by atomic mass is 35.5. The van der Waals surface area contributed by atoms with Gasteiger partial charge in [0.1, 0.15) is 11.7 Å². The van der Waals surface area contributed by atoms with Gasteiger partial charge in [-0.2, -0.15) is 0 Å². The van der Waals surface area contributed by atoms with Crippen LogP contribution in [-0.2, 0) is 23.2 Å². The zero-order valence-corrected chi connectivity index (χ0v) is 31.6. The van der Waals surface area contributed by atoms with E-state index in [9.17, 15) is 9.59 Å². The highest BCUT2D eigenvalue weighted by Gasteiger charge is 2.49. The quantitative estimate of drug-likeness (QED) is 0.256. The number of fused-ring (bicyclic) bond motifs is 2. The van der Waals surface area contributed by atoms with Crippen molar-refractivity contribution in [2.45, 2.75) is 25.6 Å². The fourth-order valence-electron chi connectivity index (χ4n) is 9.47. The molecule has 8 heterocycles.